The van der Waals surface area contributed by atoms with Gasteiger partial charge in [-0.2, -0.15) is 0 Å². The lowest BCUT2D eigenvalue weighted by molar-refractivity contribution is -0.121. The van der Waals surface area contributed by atoms with Crippen molar-refractivity contribution in [1.29, 1.82) is 0 Å². The molecule has 2 saturated carbocycles. The molecule has 6 nitrogen and oxygen atoms in total. The Morgan fingerprint density at radius 3 is 2.45 bits per heavy atom. The summed E-state index contributed by atoms with van der Waals surface area (Å²) in [6.07, 6.45) is 5.71. The monoisotopic (exact) mass is 447 g/mol. The predicted octanol–water partition coefficient (Wildman–Crippen LogP) is 5.73. The fourth-order valence-corrected chi connectivity index (χ4v) is 5.36. The van der Waals surface area contributed by atoms with E-state index in [9.17, 15) is 9.59 Å². The van der Waals surface area contributed by atoms with Gasteiger partial charge >= 0.3 is 6.03 Å². The van der Waals surface area contributed by atoms with Gasteiger partial charge in [-0.05, 0) is 86.6 Å². The average molecular weight is 448 g/mol. The quantitative estimate of drug-likeness (QED) is 0.614. The van der Waals surface area contributed by atoms with Crippen LogP contribution in [0.15, 0.2) is 30.3 Å². The van der Waals surface area contributed by atoms with Crippen molar-refractivity contribution < 1.29 is 14.3 Å². The first-order valence-corrected chi connectivity index (χ1v) is 12.1. The number of carbonyl (C=O) groups excluding carboxylic acids is 2. The Morgan fingerprint density at radius 2 is 1.76 bits per heavy atom. The first-order chi connectivity index (χ1) is 15.9. The van der Waals surface area contributed by atoms with Gasteiger partial charge in [-0.25, -0.2) is 4.79 Å². The summed E-state index contributed by atoms with van der Waals surface area (Å²) in [5.74, 6) is 1.40. The second kappa shape index (κ2) is 8.73. The summed E-state index contributed by atoms with van der Waals surface area (Å²) in [4.78, 5) is 27.9. The second-order valence-electron chi connectivity index (χ2n) is 9.84. The maximum atomic E-state index is 13.0. The molecule has 5 rings (SSSR count). The van der Waals surface area contributed by atoms with Crippen molar-refractivity contribution in [2.45, 2.75) is 70.9 Å². The minimum absolute atomic E-state index is 0.00894. The van der Waals surface area contributed by atoms with Crippen LogP contribution in [-0.4, -0.2) is 30.0 Å². The third-order valence-corrected chi connectivity index (χ3v) is 7.60. The van der Waals surface area contributed by atoms with Crippen molar-refractivity contribution >= 4 is 23.3 Å². The number of hydrogen-bond donors (Lipinski definition) is 2. The second-order valence-corrected chi connectivity index (χ2v) is 9.84. The van der Waals surface area contributed by atoms with Crippen molar-refractivity contribution in [3.05, 3.63) is 52.6 Å². The Bertz CT molecular complexity index is 1080. The highest BCUT2D eigenvalue weighted by Gasteiger charge is 2.37. The van der Waals surface area contributed by atoms with Gasteiger partial charge in [-0.3, -0.25) is 4.79 Å². The molecular weight excluding hydrogens is 414 g/mol. The molecule has 3 aliphatic rings. The molecule has 0 radical (unpaired) electrons. The van der Waals surface area contributed by atoms with E-state index in [2.05, 4.69) is 29.7 Å². The average Bonchev–Trinajstić information content (AvgIpc) is 3.66. The number of aryl methyl sites for hydroxylation is 2. The summed E-state index contributed by atoms with van der Waals surface area (Å²) in [6.45, 7) is 4.78. The maximum absolute atomic E-state index is 13.0. The zero-order valence-corrected chi connectivity index (χ0v) is 19.7. The molecule has 174 valence electrons. The Morgan fingerprint density at radius 1 is 1.03 bits per heavy atom. The van der Waals surface area contributed by atoms with Gasteiger partial charge in [0.15, 0.2) is 0 Å². The molecular formula is C27H33N3O3. The number of anilines is 2. The van der Waals surface area contributed by atoms with E-state index in [0.29, 0.717) is 12.5 Å². The van der Waals surface area contributed by atoms with E-state index in [4.69, 9.17) is 4.74 Å². The van der Waals surface area contributed by atoms with Crippen LogP contribution in [0.25, 0.3) is 0 Å². The van der Waals surface area contributed by atoms with E-state index >= 15 is 0 Å². The third-order valence-electron chi connectivity index (χ3n) is 7.60. The van der Waals surface area contributed by atoms with Crippen molar-refractivity contribution in [3.63, 3.8) is 0 Å². The van der Waals surface area contributed by atoms with Crippen LogP contribution >= 0.6 is 0 Å². The lowest BCUT2D eigenvalue weighted by Gasteiger charge is -2.40. The first-order valence-electron chi connectivity index (χ1n) is 12.1. The molecule has 6 heteroatoms. The van der Waals surface area contributed by atoms with Crippen molar-refractivity contribution in [2.24, 2.45) is 5.92 Å². The molecule has 3 amide bonds. The number of urea groups is 1. The van der Waals surface area contributed by atoms with E-state index in [1.165, 1.54) is 29.5 Å². The predicted molar refractivity (Wildman–Crippen MR) is 130 cm³/mol. The molecule has 1 heterocycles. The molecule has 1 aliphatic heterocycles. The number of hydrogen-bond acceptors (Lipinski definition) is 3. The summed E-state index contributed by atoms with van der Waals surface area (Å²) in [5.41, 5.74) is 6.65. The molecule has 33 heavy (non-hydrogen) atoms. The number of nitrogens with one attached hydrogen (secondary N) is 2. The molecule has 0 saturated heterocycles. The number of amides is 3. The summed E-state index contributed by atoms with van der Waals surface area (Å²) in [6, 6.07) is 10.3. The van der Waals surface area contributed by atoms with E-state index in [0.717, 1.165) is 48.4 Å². The van der Waals surface area contributed by atoms with Crippen molar-refractivity contribution in [2.75, 3.05) is 17.7 Å². The fourth-order valence-electron chi connectivity index (χ4n) is 5.36. The van der Waals surface area contributed by atoms with Crippen LogP contribution in [0, 0.1) is 19.8 Å². The third kappa shape index (κ3) is 4.31. The Hall–Kier alpha value is -3.02. The van der Waals surface area contributed by atoms with Gasteiger partial charge in [0.05, 0.1) is 19.3 Å². The SMILES string of the molecule is COc1cc(NC(=O)C2CCC(N3Cc4c(C)ccc(C5CC5)c4NC3=O)CC2)ccc1C. The molecule has 0 unspecified atom stereocenters. The lowest BCUT2D eigenvalue weighted by Crippen LogP contribution is -2.47. The number of ether oxygens (including phenoxy) is 1. The number of carbonyl (C=O) groups is 2. The van der Waals surface area contributed by atoms with Gasteiger partial charge < -0.3 is 20.3 Å². The minimum Gasteiger partial charge on any atom is -0.496 e. The van der Waals surface area contributed by atoms with Gasteiger partial charge in [-0.1, -0.05) is 18.2 Å². The Kier molecular flexibility index (Phi) is 5.77. The Labute approximate surface area is 195 Å². The first kappa shape index (κ1) is 21.8. The number of benzene rings is 2. The van der Waals surface area contributed by atoms with E-state index in [1.807, 2.05) is 30.0 Å². The highest BCUT2D eigenvalue weighted by atomic mass is 16.5. The minimum atomic E-state index is -0.0307. The largest absolute Gasteiger partial charge is 0.496 e. The van der Waals surface area contributed by atoms with Crippen molar-refractivity contribution in [3.8, 4) is 5.75 Å². The van der Waals surface area contributed by atoms with Gasteiger partial charge in [0.25, 0.3) is 0 Å². The molecule has 0 aromatic heterocycles. The molecule has 0 spiro atoms. The fraction of sp³-hybridized carbons (Fsp3) is 0.481. The topological polar surface area (TPSA) is 70.7 Å². The molecule has 2 N–H and O–H groups in total. The molecule has 0 bridgehead atoms. The normalized spacial score (nSPS) is 22.4. The van der Waals surface area contributed by atoms with Crippen LogP contribution in [0.1, 0.15) is 66.7 Å². The van der Waals surface area contributed by atoms with E-state index in [-0.39, 0.29) is 23.9 Å². The number of rotatable bonds is 5. The van der Waals surface area contributed by atoms with Crippen LogP contribution in [0.4, 0.5) is 16.2 Å². The summed E-state index contributed by atoms with van der Waals surface area (Å²) in [5, 5.41) is 6.26. The number of nitrogens with zero attached hydrogens (tertiary/aromatic N) is 1. The van der Waals surface area contributed by atoms with Crippen LogP contribution in [-0.2, 0) is 11.3 Å². The number of fused-ring (bicyclic) bond motifs is 1. The van der Waals surface area contributed by atoms with Crippen molar-refractivity contribution in [1.82, 2.24) is 4.90 Å². The molecule has 2 fully saturated rings. The standard InChI is InChI=1S/C27H33N3O3/c1-16-5-13-22(18-6-7-18)25-23(16)15-30(27(32)29-25)21-11-8-19(9-12-21)26(31)28-20-10-4-17(2)24(14-20)33-3/h4-5,10,13-14,18-19,21H,6-9,11-12,15H2,1-3H3,(H,28,31)(H,29,32). The summed E-state index contributed by atoms with van der Waals surface area (Å²) >= 11 is 0. The van der Waals surface area contributed by atoms with Crippen LogP contribution < -0.4 is 15.4 Å². The van der Waals surface area contributed by atoms with E-state index < -0.39 is 0 Å². The summed E-state index contributed by atoms with van der Waals surface area (Å²) < 4.78 is 5.37. The van der Waals surface area contributed by atoms with Crippen LogP contribution in [0.3, 0.4) is 0 Å². The van der Waals surface area contributed by atoms with Crippen LogP contribution in [0.5, 0.6) is 5.75 Å². The highest BCUT2D eigenvalue weighted by Crippen LogP contribution is 2.46. The van der Waals surface area contributed by atoms with Gasteiger partial charge in [0.2, 0.25) is 5.91 Å². The zero-order chi connectivity index (χ0) is 23.1. The maximum Gasteiger partial charge on any atom is 0.322 e. The molecule has 2 aromatic carbocycles. The summed E-state index contributed by atoms with van der Waals surface area (Å²) in [7, 11) is 1.64. The Balaban J connectivity index is 1.22. The molecule has 0 atom stereocenters. The zero-order valence-electron chi connectivity index (χ0n) is 19.7. The smallest absolute Gasteiger partial charge is 0.322 e. The highest BCUT2D eigenvalue weighted by molar-refractivity contribution is 5.94. The molecule has 2 aliphatic carbocycles. The van der Waals surface area contributed by atoms with Gasteiger partial charge in [0.1, 0.15) is 5.75 Å². The van der Waals surface area contributed by atoms with Gasteiger partial charge in [0, 0.05) is 23.7 Å². The number of methoxy groups -OCH3 is 1. The van der Waals surface area contributed by atoms with E-state index in [1.54, 1.807) is 7.11 Å². The van der Waals surface area contributed by atoms with Gasteiger partial charge in [-0.15, -0.1) is 0 Å². The molecule has 2 aromatic rings. The van der Waals surface area contributed by atoms with Crippen LogP contribution in [0.2, 0.25) is 0 Å². The lowest BCUT2D eigenvalue weighted by atomic mass is 9.84.